The van der Waals surface area contributed by atoms with Crippen LogP contribution in [0.4, 0.5) is 0 Å². The molecule has 6 heteroatoms. The third-order valence-electron chi connectivity index (χ3n) is 5.25. The summed E-state index contributed by atoms with van der Waals surface area (Å²) in [6.45, 7) is 5.74. The summed E-state index contributed by atoms with van der Waals surface area (Å²) in [6.07, 6.45) is 6.45. The highest BCUT2D eigenvalue weighted by Gasteiger charge is 2.35. The van der Waals surface area contributed by atoms with Crippen molar-refractivity contribution in [2.24, 2.45) is 5.41 Å². The zero-order valence-electron chi connectivity index (χ0n) is 13.4. The summed E-state index contributed by atoms with van der Waals surface area (Å²) < 4.78 is 5.47. The van der Waals surface area contributed by atoms with Gasteiger partial charge in [0.1, 0.15) is 0 Å². The quantitative estimate of drug-likeness (QED) is 0.790. The predicted octanol–water partition coefficient (Wildman–Crippen LogP) is 1.05. The lowest BCUT2D eigenvalue weighted by Crippen LogP contribution is -2.51. The molecule has 0 aromatic rings. The van der Waals surface area contributed by atoms with Gasteiger partial charge in [-0.25, -0.2) is 0 Å². The van der Waals surface area contributed by atoms with E-state index in [2.05, 4.69) is 15.5 Å². The molecule has 1 atom stereocenters. The molecule has 2 N–H and O–H groups in total. The van der Waals surface area contributed by atoms with E-state index in [0.29, 0.717) is 0 Å². The van der Waals surface area contributed by atoms with Crippen molar-refractivity contribution in [1.82, 2.24) is 15.5 Å². The lowest BCUT2D eigenvalue weighted by atomic mass is 9.73. The summed E-state index contributed by atoms with van der Waals surface area (Å²) in [5.74, 6) is 2.00. The van der Waals surface area contributed by atoms with Crippen molar-refractivity contribution in [2.45, 2.75) is 38.1 Å². The van der Waals surface area contributed by atoms with Gasteiger partial charge in [0.05, 0.1) is 19.3 Å². The maximum absolute atomic E-state index is 12.3. The smallest absolute Gasteiger partial charge is 0.238 e. The first kappa shape index (κ1) is 16.6. The van der Waals surface area contributed by atoms with E-state index in [4.69, 9.17) is 4.74 Å². The van der Waals surface area contributed by atoms with Crippen LogP contribution in [0.3, 0.4) is 0 Å². The Morgan fingerprint density at radius 1 is 1.27 bits per heavy atom. The zero-order chi connectivity index (χ0) is 15.3. The van der Waals surface area contributed by atoms with Crippen LogP contribution in [0.2, 0.25) is 0 Å². The molecule has 0 aromatic carbocycles. The van der Waals surface area contributed by atoms with Gasteiger partial charge in [-0.05, 0) is 12.8 Å². The van der Waals surface area contributed by atoms with Gasteiger partial charge in [0.15, 0.2) is 0 Å². The van der Waals surface area contributed by atoms with E-state index >= 15 is 0 Å². The van der Waals surface area contributed by atoms with Gasteiger partial charge in [0.2, 0.25) is 5.91 Å². The van der Waals surface area contributed by atoms with E-state index < -0.39 is 0 Å². The molecule has 2 heterocycles. The number of ether oxygens (including phenoxy) is 1. The molecule has 2 saturated heterocycles. The Labute approximate surface area is 137 Å². The van der Waals surface area contributed by atoms with Crippen LogP contribution < -0.4 is 10.6 Å². The highest BCUT2D eigenvalue weighted by molar-refractivity contribution is 7.99. The molecule has 3 rings (SSSR count). The van der Waals surface area contributed by atoms with Crippen molar-refractivity contribution in [3.05, 3.63) is 0 Å². The average Bonchev–Trinajstić information content (AvgIpc) is 3.09. The molecule has 1 saturated carbocycles. The van der Waals surface area contributed by atoms with Crippen molar-refractivity contribution in [3.8, 4) is 0 Å². The van der Waals surface area contributed by atoms with Crippen LogP contribution in [0.25, 0.3) is 0 Å². The lowest BCUT2D eigenvalue weighted by molar-refractivity contribution is -0.123. The second-order valence-electron chi connectivity index (χ2n) is 6.94. The van der Waals surface area contributed by atoms with Gasteiger partial charge in [0, 0.05) is 43.2 Å². The van der Waals surface area contributed by atoms with E-state index in [1.54, 1.807) is 11.8 Å². The summed E-state index contributed by atoms with van der Waals surface area (Å²) in [5, 5.41) is 6.51. The van der Waals surface area contributed by atoms with Crippen LogP contribution in [-0.2, 0) is 9.53 Å². The van der Waals surface area contributed by atoms with E-state index in [-0.39, 0.29) is 17.4 Å². The minimum atomic E-state index is 0.00836. The molecule has 1 amide bonds. The van der Waals surface area contributed by atoms with Gasteiger partial charge in [-0.2, -0.15) is 0 Å². The molecule has 1 unspecified atom stereocenters. The zero-order valence-corrected chi connectivity index (χ0v) is 14.3. The van der Waals surface area contributed by atoms with Crippen LogP contribution in [-0.4, -0.2) is 67.9 Å². The van der Waals surface area contributed by atoms with Gasteiger partial charge < -0.3 is 10.1 Å². The number of carbonyl (C=O) groups is 1. The van der Waals surface area contributed by atoms with Gasteiger partial charge in [-0.1, -0.05) is 19.3 Å². The van der Waals surface area contributed by atoms with Gasteiger partial charge in [0.25, 0.3) is 0 Å². The molecule has 3 fully saturated rings. The number of hydrogen-bond donors (Lipinski definition) is 2. The summed E-state index contributed by atoms with van der Waals surface area (Å²) in [5.41, 5.74) is 0.275. The Hall–Kier alpha value is -0.300. The fourth-order valence-corrected chi connectivity index (χ4v) is 4.83. The van der Waals surface area contributed by atoms with Gasteiger partial charge in [-0.15, -0.1) is 11.8 Å². The second-order valence-corrected chi connectivity index (χ2v) is 7.97. The maximum Gasteiger partial charge on any atom is 0.238 e. The first-order valence-corrected chi connectivity index (χ1v) is 9.82. The molecule has 1 aliphatic carbocycles. The average molecular weight is 327 g/mol. The molecule has 5 nitrogen and oxygen atoms in total. The van der Waals surface area contributed by atoms with Crippen LogP contribution >= 0.6 is 11.8 Å². The fourth-order valence-electron chi connectivity index (χ4n) is 3.89. The Morgan fingerprint density at radius 3 is 2.73 bits per heavy atom. The minimum Gasteiger partial charge on any atom is -0.379 e. The van der Waals surface area contributed by atoms with Crippen LogP contribution in [0.1, 0.15) is 32.1 Å². The number of hydrogen-bond acceptors (Lipinski definition) is 5. The summed E-state index contributed by atoms with van der Waals surface area (Å²) in [7, 11) is 0. The third-order valence-corrected chi connectivity index (χ3v) is 6.19. The van der Waals surface area contributed by atoms with Crippen LogP contribution in [0.5, 0.6) is 0 Å². The van der Waals surface area contributed by atoms with E-state index in [9.17, 15) is 4.79 Å². The Morgan fingerprint density at radius 2 is 2.05 bits per heavy atom. The third kappa shape index (κ3) is 4.37. The number of rotatable bonds is 5. The van der Waals surface area contributed by atoms with Crippen molar-refractivity contribution in [3.63, 3.8) is 0 Å². The molecule has 0 aromatic heterocycles. The molecule has 126 valence electrons. The lowest BCUT2D eigenvalue weighted by Gasteiger charge is -2.42. The number of thioether (sulfide) groups is 1. The maximum atomic E-state index is 12.3. The first-order valence-electron chi connectivity index (χ1n) is 8.66. The van der Waals surface area contributed by atoms with E-state index in [1.807, 2.05) is 0 Å². The Balaban J connectivity index is 1.54. The predicted molar refractivity (Wildman–Crippen MR) is 90.0 cm³/mol. The van der Waals surface area contributed by atoms with Crippen LogP contribution in [0, 0.1) is 5.41 Å². The fraction of sp³-hybridized carbons (Fsp3) is 0.938. The highest BCUT2D eigenvalue weighted by Crippen LogP contribution is 2.36. The van der Waals surface area contributed by atoms with Gasteiger partial charge >= 0.3 is 0 Å². The standard InChI is InChI=1S/C16H29N3O2S/c20-15(14-10-22-13-18-14)17-11-16(4-2-1-3-5-16)12-19-6-8-21-9-7-19/h14,18H,1-13H2,(H,17,20). The number of carbonyl (C=O) groups excluding carboxylic acids is 1. The minimum absolute atomic E-state index is 0.00836. The summed E-state index contributed by atoms with van der Waals surface area (Å²) in [4.78, 5) is 14.8. The SMILES string of the molecule is O=C(NCC1(CN2CCOCC2)CCCCC1)C1CSCN1. The molecule has 0 bridgehead atoms. The molecule has 3 aliphatic rings. The number of morpholine rings is 1. The van der Waals surface area contributed by atoms with Crippen molar-refractivity contribution in [1.29, 1.82) is 0 Å². The Bertz CT molecular complexity index is 362. The molecule has 0 radical (unpaired) electrons. The topological polar surface area (TPSA) is 53.6 Å². The van der Waals surface area contributed by atoms with Gasteiger partial charge in [-0.3, -0.25) is 15.0 Å². The summed E-state index contributed by atoms with van der Waals surface area (Å²) in [6, 6.07) is 0.00836. The normalized spacial score (nSPS) is 29.4. The summed E-state index contributed by atoms with van der Waals surface area (Å²) >= 11 is 1.81. The molecule has 22 heavy (non-hydrogen) atoms. The first-order chi connectivity index (χ1) is 10.8. The number of nitrogens with zero attached hydrogens (tertiary/aromatic N) is 1. The molecule has 2 aliphatic heterocycles. The molecular formula is C16H29N3O2S. The number of nitrogens with one attached hydrogen (secondary N) is 2. The number of amides is 1. The highest BCUT2D eigenvalue weighted by atomic mass is 32.2. The molecular weight excluding hydrogens is 298 g/mol. The van der Waals surface area contributed by atoms with E-state index in [0.717, 1.165) is 51.0 Å². The second kappa shape index (κ2) is 7.99. The largest absolute Gasteiger partial charge is 0.379 e. The Kier molecular flexibility index (Phi) is 6.02. The van der Waals surface area contributed by atoms with Crippen molar-refractivity contribution < 1.29 is 9.53 Å². The molecule has 0 spiro atoms. The van der Waals surface area contributed by atoms with Crippen molar-refractivity contribution >= 4 is 17.7 Å². The van der Waals surface area contributed by atoms with Crippen LogP contribution in [0.15, 0.2) is 0 Å². The van der Waals surface area contributed by atoms with E-state index in [1.165, 1.54) is 32.1 Å². The van der Waals surface area contributed by atoms with Crippen molar-refractivity contribution in [2.75, 3.05) is 51.0 Å². The monoisotopic (exact) mass is 327 g/mol.